The fraction of sp³-hybridized carbons (Fsp3) is 0.167. The van der Waals surface area contributed by atoms with Crippen LogP contribution in [-0.2, 0) is 18.2 Å². The van der Waals surface area contributed by atoms with Crippen LogP contribution in [0.2, 0.25) is 10.0 Å². The van der Waals surface area contributed by atoms with Crippen molar-refractivity contribution in [2.75, 3.05) is 4.90 Å². The van der Waals surface area contributed by atoms with E-state index in [4.69, 9.17) is 23.2 Å². The zero-order valence-electron chi connectivity index (χ0n) is 15.8. The summed E-state index contributed by atoms with van der Waals surface area (Å²) in [7, 11) is 0. The van der Waals surface area contributed by atoms with Gasteiger partial charge in [-0.3, -0.25) is 9.59 Å². The van der Waals surface area contributed by atoms with Gasteiger partial charge in [-0.1, -0.05) is 110 Å². The zero-order valence-corrected chi connectivity index (χ0v) is 20.5. The summed E-state index contributed by atoms with van der Waals surface area (Å²) in [6, 6.07) is 20.9. The second-order valence-electron chi connectivity index (χ2n) is 8.05. The third-order valence-corrected chi connectivity index (χ3v) is 10.1. The van der Waals surface area contributed by atoms with Crippen molar-refractivity contribution in [1.29, 1.82) is 0 Å². The highest BCUT2D eigenvalue weighted by atomic mass is 79.9. The van der Waals surface area contributed by atoms with E-state index in [1.165, 1.54) is 4.90 Å². The molecule has 7 heteroatoms. The zero-order chi connectivity index (χ0) is 21.7. The Balaban J connectivity index is 1.68. The fourth-order valence-corrected chi connectivity index (χ4v) is 8.46. The molecule has 3 aromatic rings. The topological polar surface area (TPSA) is 37.4 Å². The van der Waals surface area contributed by atoms with Gasteiger partial charge in [-0.15, -0.1) is 0 Å². The number of nitrogens with zero attached hydrogens (tertiary/aromatic N) is 1. The molecule has 0 aromatic heterocycles. The fourth-order valence-electron chi connectivity index (χ4n) is 5.59. The highest BCUT2D eigenvalue weighted by molar-refractivity contribution is 9.10. The lowest BCUT2D eigenvalue weighted by Crippen LogP contribution is -2.56. The summed E-state index contributed by atoms with van der Waals surface area (Å²) in [6.45, 7) is 0. The standard InChI is InChI=1S/C24H13Br2Cl2NO2/c25-23-12-6-1-2-7-13(12)24(26,15-9-4-3-8-14(15)23)19-18(23)21(30)29(22(19)31)20-16(27)10-5-11-17(20)28/h1-11,18-19H/t18-,19-,23?,24?/m1/s1. The van der Waals surface area contributed by atoms with Crippen molar-refractivity contribution >= 4 is 72.6 Å². The summed E-state index contributed by atoms with van der Waals surface area (Å²) in [5, 5.41) is 0.532. The first-order chi connectivity index (χ1) is 14.8. The molecule has 7 rings (SSSR count). The molecule has 1 heterocycles. The number of amides is 2. The van der Waals surface area contributed by atoms with Gasteiger partial charge in [0.1, 0.15) is 0 Å². The molecule has 3 aromatic carbocycles. The Morgan fingerprint density at radius 1 is 0.645 bits per heavy atom. The molecule has 2 bridgehead atoms. The van der Waals surface area contributed by atoms with Gasteiger partial charge in [0, 0.05) is 0 Å². The summed E-state index contributed by atoms with van der Waals surface area (Å²) in [5.74, 6) is -1.93. The Kier molecular flexibility index (Phi) is 4.15. The molecule has 3 aliphatic carbocycles. The SMILES string of the molecule is O=C1[C@H]2[C@H](C(=O)N1c1c(Cl)cccc1Cl)C1(Br)c3ccccc3C2(Br)c2ccccc21. The first-order valence-corrected chi connectivity index (χ1v) is 12.1. The Labute approximate surface area is 205 Å². The van der Waals surface area contributed by atoms with E-state index in [2.05, 4.69) is 31.9 Å². The lowest BCUT2D eigenvalue weighted by Gasteiger charge is -2.55. The quantitative estimate of drug-likeness (QED) is 0.248. The molecule has 2 atom stereocenters. The second kappa shape index (κ2) is 6.44. The van der Waals surface area contributed by atoms with Gasteiger partial charge in [0.05, 0.1) is 36.2 Å². The van der Waals surface area contributed by atoms with E-state index in [9.17, 15) is 9.59 Å². The van der Waals surface area contributed by atoms with Crippen LogP contribution in [0.15, 0.2) is 66.7 Å². The molecule has 0 N–H and O–H groups in total. The lowest BCUT2D eigenvalue weighted by atomic mass is 9.54. The third-order valence-electron chi connectivity index (χ3n) is 6.75. The van der Waals surface area contributed by atoms with Crippen molar-refractivity contribution in [3.8, 4) is 0 Å². The molecular formula is C24H13Br2Cl2NO2. The predicted octanol–water partition coefficient (Wildman–Crippen LogP) is 6.40. The van der Waals surface area contributed by atoms with Crippen molar-refractivity contribution in [2.45, 2.75) is 8.65 Å². The number of imide groups is 1. The Hall–Kier alpha value is -1.66. The van der Waals surface area contributed by atoms with Crippen LogP contribution in [0.5, 0.6) is 0 Å². The van der Waals surface area contributed by atoms with Crippen molar-refractivity contribution in [2.24, 2.45) is 11.8 Å². The number of rotatable bonds is 1. The normalized spacial score (nSPS) is 30.3. The van der Waals surface area contributed by atoms with Crippen LogP contribution in [0.25, 0.3) is 0 Å². The van der Waals surface area contributed by atoms with Crippen LogP contribution in [0.4, 0.5) is 5.69 Å². The number of carbonyl (C=O) groups is 2. The van der Waals surface area contributed by atoms with Gasteiger partial charge >= 0.3 is 0 Å². The molecule has 31 heavy (non-hydrogen) atoms. The van der Waals surface area contributed by atoms with Crippen molar-refractivity contribution in [3.63, 3.8) is 0 Å². The maximum atomic E-state index is 13.9. The Bertz CT molecular complexity index is 1180. The van der Waals surface area contributed by atoms with Crippen LogP contribution in [-0.4, -0.2) is 11.8 Å². The maximum Gasteiger partial charge on any atom is 0.239 e. The first kappa shape index (κ1) is 20.0. The number of anilines is 1. The number of carbonyl (C=O) groups excluding carboxylic acids is 2. The minimum absolute atomic E-state index is 0.245. The van der Waals surface area contributed by atoms with Crippen molar-refractivity contribution in [3.05, 3.63) is 99.0 Å². The highest BCUT2D eigenvalue weighted by Gasteiger charge is 2.72. The molecule has 1 fully saturated rings. The van der Waals surface area contributed by atoms with Crippen LogP contribution >= 0.6 is 55.1 Å². The average Bonchev–Trinajstić information content (AvgIpc) is 3.04. The van der Waals surface area contributed by atoms with E-state index in [0.717, 1.165) is 22.3 Å². The largest absolute Gasteiger partial charge is 0.274 e. The van der Waals surface area contributed by atoms with E-state index >= 15 is 0 Å². The number of alkyl halides is 2. The van der Waals surface area contributed by atoms with Gasteiger partial charge in [0.25, 0.3) is 0 Å². The van der Waals surface area contributed by atoms with Gasteiger partial charge in [-0.05, 0) is 34.4 Å². The summed E-state index contributed by atoms with van der Waals surface area (Å²) < 4.78 is -1.68. The van der Waals surface area contributed by atoms with E-state index in [0.29, 0.717) is 0 Å². The second-order valence-corrected chi connectivity index (χ2v) is 11.4. The van der Waals surface area contributed by atoms with Gasteiger partial charge in [-0.2, -0.15) is 0 Å². The van der Waals surface area contributed by atoms with Gasteiger partial charge in [0.15, 0.2) is 0 Å². The van der Waals surface area contributed by atoms with E-state index in [1.54, 1.807) is 18.2 Å². The average molecular weight is 578 g/mol. The molecule has 0 saturated carbocycles. The monoisotopic (exact) mass is 575 g/mol. The maximum absolute atomic E-state index is 13.9. The van der Waals surface area contributed by atoms with E-state index < -0.39 is 20.5 Å². The number of para-hydroxylation sites is 1. The minimum Gasteiger partial charge on any atom is -0.274 e. The smallest absolute Gasteiger partial charge is 0.239 e. The Morgan fingerprint density at radius 3 is 1.35 bits per heavy atom. The minimum atomic E-state index is -0.838. The van der Waals surface area contributed by atoms with Crippen LogP contribution in [0.1, 0.15) is 22.3 Å². The number of hydrogen-bond acceptors (Lipinski definition) is 2. The molecule has 0 unspecified atom stereocenters. The highest BCUT2D eigenvalue weighted by Crippen LogP contribution is 2.71. The first-order valence-electron chi connectivity index (χ1n) is 9.72. The van der Waals surface area contributed by atoms with Crippen LogP contribution in [0, 0.1) is 11.8 Å². The van der Waals surface area contributed by atoms with Crippen molar-refractivity contribution in [1.82, 2.24) is 0 Å². The summed E-state index contributed by atoms with van der Waals surface area (Å²) >= 11 is 20.8. The molecule has 154 valence electrons. The summed E-state index contributed by atoms with van der Waals surface area (Å²) in [4.78, 5) is 29.1. The van der Waals surface area contributed by atoms with Crippen LogP contribution in [0.3, 0.4) is 0 Å². The molecule has 0 radical (unpaired) electrons. The van der Waals surface area contributed by atoms with Gasteiger partial charge in [-0.25, -0.2) is 4.90 Å². The van der Waals surface area contributed by atoms with Crippen molar-refractivity contribution < 1.29 is 9.59 Å². The van der Waals surface area contributed by atoms with E-state index in [1.807, 2.05) is 48.5 Å². The third kappa shape index (κ3) is 2.21. The van der Waals surface area contributed by atoms with Gasteiger partial charge < -0.3 is 0 Å². The lowest BCUT2D eigenvalue weighted by molar-refractivity contribution is -0.122. The predicted molar refractivity (Wildman–Crippen MR) is 128 cm³/mol. The summed E-state index contributed by atoms with van der Waals surface area (Å²) in [6.07, 6.45) is 0. The molecule has 2 amide bonds. The number of benzene rings is 3. The van der Waals surface area contributed by atoms with E-state index in [-0.39, 0.29) is 27.5 Å². The molecule has 3 nitrogen and oxygen atoms in total. The summed E-state index contributed by atoms with van der Waals surface area (Å²) in [5.41, 5.74) is 4.19. The molecule has 0 spiro atoms. The number of halogens is 4. The molecule has 1 aliphatic heterocycles. The van der Waals surface area contributed by atoms with Crippen LogP contribution < -0.4 is 4.90 Å². The Morgan fingerprint density at radius 2 is 1.00 bits per heavy atom. The number of hydrogen-bond donors (Lipinski definition) is 0. The molecule has 4 aliphatic rings. The van der Waals surface area contributed by atoms with Gasteiger partial charge in [0.2, 0.25) is 11.8 Å². The molecular weight excluding hydrogens is 565 g/mol. The molecule has 1 saturated heterocycles.